The van der Waals surface area contributed by atoms with Gasteiger partial charge in [0.1, 0.15) is 0 Å². The molecule has 56 valence electrons. The van der Waals surface area contributed by atoms with Crippen LogP contribution in [0.5, 0.6) is 0 Å². The smallest absolute Gasteiger partial charge is 0.313 e. The second kappa shape index (κ2) is 3.21. The quantitative estimate of drug-likeness (QED) is 0.604. The molecule has 0 aliphatic rings. The lowest BCUT2D eigenvalue weighted by Crippen LogP contribution is -2.30. The molecule has 1 aromatic rings. The molecule has 0 aliphatic carbocycles. The summed E-state index contributed by atoms with van der Waals surface area (Å²) in [6.07, 6.45) is 1.27. The Morgan fingerprint density at radius 1 is 1.55 bits per heavy atom. The van der Waals surface area contributed by atoms with Crippen LogP contribution in [0.3, 0.4) is 0 Å². The van der Waals surface area contributed by atoms with Crippen LogP contribution in [0, 0.1) is 10.9 Å². The first-order chi connectivity index (χ1) is 5.25. The molecular formula is C6H3BrN2O2. The SMILES string of the molecule is O=c1cc[nH]c(=O)n1C#CBr. The van der Waals surface area contributed by atoms with Gasteiger partial charge < -0.3 is 4.98 Å². The minimum Gasteiger partial charge on any atom is -0.313 e. The number of nitrogens with one attached hydrogen (secondary N) is 1. The maximum absolute atomic E-state index is 10.8. The Labute approximate surface area is 70.0 Å². The predicted molar refractivity (Wildman–Crippen MR) is 43.4 cm³/mol. The topological polar surface area (TPSA) is 54.9 Å². The Balaban J connectivity index is 3.54. The van der Waals surface area contributed by atoms with Crippen LogP contribution in [-0.2, 0) is 0 Å². The molecule has 5 heteroatoms. The van der Waals surface area contributed by atoms with E-state index in [4.69, 9.17) is 0 Å². The van der Waals surface area contributed by atoms with Gasteiger partial charge in [-0.25, -0.2) is 4.79 Å². The third kappa shape index (κ3) is 1.59. The van der Waals surface area contributed by atoms with Crippen molar-refractivity contribution in [2.24, 2.45) is 0 Å². The first-order valence-electron chi connectivity index (χ1n) is 2.68. The van der Waals surface area contributed by atoms with E-state index < -0.39 is 11.2 Å². The minimum atomic E-state index is -0.538. The largest absolute Gasteiger partial charge is 0.340 e. The Bertz CT molecular complexity index is 392. The summed E-state index contributed by atoms with van der Waals surface area (Å²) < 4.78 is 0.773. The van der Waals surface area contributed by atoms with Crippen molar-refractivity contribution in [3.8, 4) is 10.9 Å². The van der Waals surface area contributed by atoms with E-state index in [9.17, 15) is 9.59 Å². The van der Waals surface area contributed by atoms with Crippen LogP contribution in [0.1, 0.15) is 0 Å². The number of hydrogen-bond donors (Lipinski definition) is 1. The fourth-order valence-corrected chi connectivity index (χ4v) is 0.749. The Kier molecular flexibility index (Phi) is 2.28. The van der Waals surface area contributed by atoms with Gasteiger partial charge in [0, 0.05) is 39.1 Å². The molecule has 11 heavy (non-hydrogen) atoms. The van der Waals surface area contributed by atoms with E-state index in [0.717, 1.165) is 4.57 Å². The second-order valence-corrected chi connectivity index (χ2v) is 2.06. The van der Waals surface area contributed by atoms with Gasteiger partial charge in [-0.1, -0.05) is 0 Å². The molecule has 0 radical (unpaired) electrons. The molecule has 0 unspecified atom stereocenters. The molecule has 1 N–H and O–H groups in total. The van der Waals surface area contributed by atoms with Crippen molar-refractivity contribution in [1.29, 1.82) is 0 Å². The van der Waals surface area contributed by atoms with Gasteiger partial charge in [0.25, 0.3) is 5.56 Å². The predicted octanol–water partition coefficient (Wildman–Crippen LogP) is -0.302. The maximum atomic E-state index is 10.8. The van der Waals surface area contributed by atoms with Crippen LogP contribution >= 0.6 is 15.9 Å². The zero-order valence-corrected chi connectivity index (χ0v) is 6.88. The third-order valence-corrected chi connectivity index (χ3v) is 1.19. The Hall–Kier alpha value is -1.28. The van der Waals surface area contributed by atoms with Crippen LogP contribution in [-0.4, -0.2) is 9.55 Å². The normalized spacial score (nSPS) is 8.45. The van der Waals surface area contributed by atoms with Crippen LogP contribution < -0.4 is 11.2 Å². The summed E-state index contributed by atoms with van der Waals surface area (Å²) in [4.78, 5) is 26.2. The monoisotopic (exact) mass is 214 g/mol. The van der Waals surface area contributed by atoms with E-state index in [1.807, 2.05) is 0 Å². The Morgan fingerprint density at radius 2 is 2.27 bits per heavy atom. The third-order valence-electron chi connectivity index (χ3n) is 1.01. The molecule has 0 spiro atoms. The van der Waals surface area contributed by atoms with E-state index in [0.29, 0.717) is 0 Å². The summed E-state index contributed by atoms with van der Waals surface area (Å²) in [6, 6.07) is 3.49. The van der Waals surface area contributed by atoms with Gasteiger partial charge in [0.05, 0.1) is 0 Å². The number of rotatable bonds is 0. The van der Waals surface area contributed by atoms with Gasteiger partial charge in [0.15, 0.2) is 0 Å². The standard InChI is InChI=1S/C6H3BrN2O2/c7-2-4-9-5(10)1-3-8-6(9)11/h1,3H,(H,8,11). The molecule has 0 fully saturated rings. The summed E-state index contributed by atoms with van der Waals surface area (Å²) >= 11 is 2.78. The Morgan fingerprint density at radius 3 is 2.82 bits per heavy atom. The van der Waals surface area contributed by atoms with Gasteiger partial charge in [0.2, 0.25) is 0 Å². The van der Waals surface area contributed by atoms with Crippen molar-refractivity contribution in [2.75, 3.05) is 0 Å². The van der Waals surface area contributed by atoms with Crippen molar-refractivity contribution in [1.82, 2.24) is 9.55 Å². The highest BCUT2D eigenvalue weighted by atomic mass is 79.9. The van der Waals surface area contributed by atoms with Crippen LogP contribution in [0.2, 0.25) is 0 Å². The maximum Gasteiger partial charge on any atom is 0.340 e. The number of hydrogen-bond acceptors (Lipinski definition) is 2. The van der Waals surface area contributed by atoms with Crippen molar-refractivity contribution < 1.29 is 0 Å². The average molecular weight is 215 g/mol. The lowest BCUT2D eigenvalue weighted by Gasteiger charge is -1.88. The lowest BCUT2D eigenvalue weighted by atomic mass is 10.6. The second-order valence-electron chi connectivity index (χ2n) is 1.66. The molecule has 1 rings (SSSR count). The number of H-pyrrole nitrogens is 1. The molecule has 1 aromatic heterocycles. The molecule has 0 saturated heterocycles. The summed E-state index contributed by atoms with van der Waals surface area (Å²) in [5.74, 6) is 0. The van der Waals surface area contributed by atoms with Gasteiger partial charge in [-0.2, -0.15) is 4.57 Å². The summed E-state index contributed by atoms with van der Waals surface area (Å²) in [5.41, 5.74) is -0.981. The van der Waals surface area contributed by atoms with Gasteiger partial charge in [-0.05, 0) is 0 Å². The first-order valence-corrected chi connectivity index (χ1v) is 3.47. The fraction of sp³-hybridized carbons (Fsp3) is 0. The summed E-state index contributed by atoms with van der Waals surface area (Å²) in [6.45, 7) is 0. The average Bonchev–Trinajstić information content (AvgIpc) is 1.97. The molecule has 0 aromatic carbocycles. The molecule has 0 amide bonds. The molecule has 0 atom stereocenters. The molecular weight excluding hydrogens is 212 g/mol. The van der Waals surface area contributed by atoms with E-state index >= 15 is 0 Å². The van der Waals surface area contributed by atoms with Gasteiger partial charge >= 0.3 is 5.69 Å². The van der Waals surface area contributed by atoms with Gasteiger partial charge in [-0.15, -0.1) is 0 Å². The van der Waals surface area contributed by atoms with E-state index in [1.165, 1.54) is 12.3 Å². The van der Waals surface area contributed by atoms with Crippen LogP contribution in [0.15, 0.2) is 21.9 Å². The molecule has 0 aliphatic heterocycles. The van der Waals surface area contributed by atoms with Crippen molar-refractivity contribution >= 4 is 15.9 Å². The molecule has 0 bridgehead atoms. The van der Waals surface area contributed by atoms with Gasteiger partial charge in [-0.3, -0.25) is 4.79 Å². The number of nitrogens with zero attached hydrogens (tertiary/aromatic N) is 1. The number of halogens is 1. The zero-order chi connectivity index (χ0) is 8.27. The number of aromatic amines is 1. The van der Waals surface area contributed by atoms with Crippen molar-refractivity contribution in [2.45, 2.75) is 0 Å². The van der Waals surface area contributed by atoms with E-state index in [-0.39, 0.29) is 0 Å². The fourth-order valence-electron chi connectivity index (χ4n) is 0.572. The highest BCUT2D eigenvalue weighted by molar-refractivity contribution is 9.12. The molecule has 1 heterocycles. The highest BCUT2D eigenvalue weighted by Gasteiger charge is 1.92. The molecule has 0 saturated carbocycles. The first kappa shape index (κ1) is 7.82. The summed E-state index contributed by atoms with van der Waals surface area (Å²) in [5, 5.41) is 0. The zero-order valence-electron chi connectivity index (χ0n) is 5.30. The molecule has 4 nitrogen and oxygen atoms in total. The highest BCUT2D eigenvalue weighted by Crippen LogP contribution is 1.68. The van der Waals surface area contributed by atoms with E-state index in [2.05, 4.69) is 31.8 Å². The van der Waals surface area contributed by atoms with Crippen molar-refractivity contribution in [3.05, 3.63) is 33.1 Å². The number of aromatic nitrogens is 2. The van der Waals surface area contributed by atoms with Crippen molar-refractivity contribution in [3.63, 3.8) is 0 Å². The van der Waals surface area contributed by atoms with Crippen LogP contribution in [0.25, 0.3) is 0 Å². The minimum absolute atomic E-state index is 0.444. The lowest BCUT2D eigenvalue weighted by molar-refractivity contribution is 0.906. The summed E-state index contributed by atoms with van der Waals surface area (Å²) in [7, 11) is 0. The van der Waals surface area contributed by atoms with Crippen LogP contribution in [0.4, 0.5) is 0 Å². The van der Waals surface area contributed by atoms with E-state index in [1.54, 1.807) is 0 Å².